The van der Waals surface area contributed by atoms with Crippen molar-refractivity contribution >= 4 is 21.7 Å². The third-order valence-corrected chi connectivity index (χ3v) is 2.25. The van der Waals surface area contributed by atoms with Crippen LogP contribution in [0.2, 0.25) is 0 Å². The summed E-state index contributed by atoms with van der Waals surface area (Å²) < 4.78 is 12.7. The van der Waals surface area contributed by atoms with Gasteiger partial charge in [-0.2, -0.15) is 5.10 Å². The van der Waals surface area contributed by atoms with Gasteiger partial charge in [0.15, 0.2) is 5.82 Å². The topological polar surface area (TPSA) is 62.3 Å². The van der Waals surface area contributed by atoms with Gasteiger partial charge in [0.05, 0.1) is 30.8 Å². The summed E-state index contributed by atoms with van der Waals surface area (Å²) in [7, 11) is 1.65. The number of halogens is 1. The molecule has 0 aliphatic heterocycles. The second-order valence-corrected chi connectivity index (χ2v) is 3.58. The molecule has 14 heavy (non-hydrogen) atoms. The van der Waals surface area contributed by atoms with Crippen LogP contribution in [-0.2, 0) is 16.0 Å². The molecule has 5 nitrogen and oxygen atoms in total. The van der Waals surface area contributed by atoms with Gasteiger partial charge in [-0.05, 0) is 15.9 Å². The predicted octanol–water partition coefficient (Wildman–Crippen LogP) is 0.891. The van der Waals surface area contributed by atoms with E-state index in [9.17, 15) is 0 Å². The minimum Gasteiger partial charge on any atom is -0.382 e. The third-order valence-electron chi connectivity index (χ3n) is 1.64. The Bertz CT molecular complexity index is 258. The highest BCUT2D eigenvalue weighted by Crippen LogP contribution is 2.15. The summed E-state index contributed by atoms with van der Waals surface area (Å²) in [5.74, 6) is 0.502. The maximum absolute atomic E-state index is 5.55. The van der Waals surface area contributed by atoms with Gasteiger partial charge in [0, 0.05) is 13.3 Å². The number of hydrogen-bond acceptors (Lipinski definition) is 4. The summed E-state index contributed by atoms with van der Waals surface area (Å²) in [5.41, 5.74) is 5.55. The first-order valence-electron chi connectivity index (χ1n) is 4.29. The molecule has 1 aromatic heterocycles. The average Bonchev–Trinajstić information content (AvgIpc) is 2.46. The highest BCUT2D eigenvalue weighted by atomic mass is 79.9. The molecule has 6 heteroatoms. The maximum Gasteiger partial charge on any atom is 0.159 e. The van der Waals surface area contributed by atoms with Gasteiger partial charge < -0.3 is 15.2 Å². The van der Waals surface area contributed by atoms with Gasteiger partial charge in [-0.25, -0.2) is 0 Å². The van der Waals surface area contributed by atoms with Gasteiger partial charge in [0.25, 0.3) is 0 Å². The Kier molecular flexibility index (Phi) is 4.92. The van der Waals surface area contributed by atoms with Gasteiger partial charge in [0.2, 0.25) is 0 Å². The molecule has 0 spiro atoms. The molecule has 0 aromatic carbocycles. The van der Waals surface area contributed by atoms with Crippen molar-refractivity contribution in [2.45, 2.75) is 6.54 Å². The van der Waals surface area contributed by atoms with Crippen LogP contribution in [0.15, 0.2) is 10.7 Å². The predicted molar refractivity (Wildman–Crippen MR) is 57.0 cm³/mol. The Morgan fingerprint density at radius 2 is 2.29 bits per heavy atom. The molecular formula is C8H14BrN3O2. The van der Waals surface area contributed by atoms with E-state index >= 15 is 0 Å². The summed E-state index contributed by atoms with van der Waals surface area (Å²) in [5, 5.41) is 4.06. The second-order valence-electron chi connectivity index (χ2n) is 2.73. The summed E-state index contributed by atoms with van der Waals surface area (Å²) >= 11 is 3.28. The normalized spacial score (nSPS) is 10.7. The van der Waals surface area contributed by atoms with Crippen molar-refractivity contribution in [1.29, 1.82) is 0 Å². The quantitative estimate of drug-likeness (QED) is 0.775. The van der Waals surface area contributed by atoms with Crippen LogP contribution >= 0.6 is 15.9 Å². The van der Waals surface area contributed by atoms with E-state index in [1.807, 2.05) is 6.20 Å². The van der Waals surface area contributed by atoms with E-state index in [2.05, 4.69) is 21.0 Å². The smallest absolute Gasteiger partial charge is 0.159 e. The molecule has 0 fully saturated rings. The number of rotatable bonds is 6. The SMILES string of the molecule is COCCOCCn1cc(Br)c(N)n1. The van der Waals surface area contributed by atoms with Crippen LogP contribution < -0.4 is 5.73 Å². The molecule has 0 radical (unpaired) electrons. The summed E-state index contributed by atoms with van der Waals surface area (Å²) in [6, 6.07) is 0. The van der Waals surface area contributed by atoms with Crippen molar-refractivity contribution in [3.8, 4) is 0 Å². The average molecular weight is 264 g/mol. The number of anilines is 1. The molecule has 1 aromatic rings. The van der Waals surface area contributed by atoms with E-state index in [1.165, 1.54) is 0 Å². The number of nitrogens with two attached hydrogens (primary N) is 1. The monoisotopic (exact) mass is 263 g/mol. The zero-order valence-corrected chi connectivity index (χ0v) is 9.66. The van der Waals surface area contributed by atoms with Crippen LogP contribution in [0.5, 0.6) is 0 Å². The number of nitrogens with zero attached hydrogens (tertiary/aromatic N) is 2. The lowest BCUT2D eigenvalue weighted by atomic mass is 10.6. The van der Waals surface area contributed by atoms with Crippen molar-refractivity contribution in [2.75, 3.05) is 32.7 Å². The number of aromatic nitrogens is 2. The molecule has 0 aliphatic rings. The molecule has 0 atom stereocenters. The standard InChI is InChI=1S/C8H14BrN3O2/c1-13-4-5-14-3-2-12-6-7(9)8(10)11-12/h6H,2-5H2,1H3,(H2,10,11). The van der Waals surface area contributed by atoms with Crippen LogP contribution in [0.3, 0.4) is 0 Å². The molecular weight excluding hydrogens is 250 g/mol. The molecule has 0 unspecified atom stereocenters. The molecule has 0 saturated heterocycles. The zero-order chi connectivity index (χ0) is 10.4. The van der Waals surface area contributed by atoms with E-state index in [1.54, 1.807) is 11.8 Å². The first-order chi connectivity index (χ1) is 6.74. The van der Waals surface area contributed by atoms with Crippen molar-refractivity contribution in [2.24, 2.45) is 0 Å². The largest absolute Gasteiger partial charge is 0.382 e. The van der Waals surface area contributed by atoms with Crippen molar-refractivity contribution in [3.63, 3.8) is 0 Å². The van der Waals surface area contributed by atoms with E-state index < -0.39 is 0 Å². The molecule has 80 valence electrons. The first-order valence-corrected chi connectivity index (χ1v) is 5.08. The van der Waals surface area contributed by atoms with Crippen LogP contribution in [0, 0.1) is 0 Å². The Morgan fingerprint density at radius 1 is 1.50 bits per heavy atom. The van der Waals surface area contributed by atoms with Gasteiger partial charge in [-0.3, -0.25) is 4.68 Å². The van der Waals surface area contributed by atoms with E-state index in [4.69, 9.17) is 15.2 Å². The minimum atomic E-state index is 0.502. The highest BCUT2D eigenvalue weighted by molar-refractivity contribution is 9.10. The molecule has 0 saturated carbocycles. The van der Waals surface area contributed by atoms with Gasteiger partial charge in [0.1, 0.15) is 0 Å². The molecule has 0 aliphatic carbocycles. The van der Waals surface area contributed by atoms with E-state index in [0.29, 0.717) is 32.2 Å². The molecule has 2 N–H and O–H groups in total. The van der Waals surface area contributed by atoms with Gasteiger partial charge >= 0.3 is 0 Å². The maximum atomic E-state index is 5.55. The van der Waals surface area contributed by atoms with Gasteiger partial charge in [-0.1, -0.05) is 0 Å². The summed E-state index contributed by atoms with van der Waals surface area (Å²) in [6.45, 7) is 2.52. The summed E-state index contributed by atoms with van der Waals surface area (Å²) in [6.07, 6.45) is 1.83. The Balaban J connectivity index is 2.18. The lowest BCUT2D eigenvalue weighted by molar-refractivity contribution is 0.0654. The fourth-order valence-electron chi connectivity index (χ4n) is 0.929. The van der Waals surface area contributed by atoms with Crippen molar-refractivity contribution in [3.05, 3.63) is 10.7 Å². The first kappa shape index (κ1) is 11.5. The van der Waals surface area contributed by atoms with Gasteiger partial charge in [-0.15, -0.1) is 0 Å². The van der Waals surface area contributed by atoms with Crippen LogP contribution in [0.4, 0.5) is 5.82 Å². The number of methoxy groups -OCH3 is 1. The number of hydrogen-bond donors (Lipinski definition) is 1. The number of ether oxygens (including phenoxy) is 2. The highest BCUT2D eigenvalue weighted by Gasteiger charge is 2.01. The van der Waals surface area contributed by atoms with E-state index in [-0.39, 0.29) is 0 Å². The zero-order valence-electron chi connectivity index (χ0n) is 8.07. The molecule has 0 amide bonds. The fourth-order valence-corrected chi connectivity index (χ4v) is 1.24. The van der Waals surface area contributed by atoms with Crippen LogP contribution in [0.1, 0.15) is 0 Å². The Hall–Kier alpha value is -0.590. The van der Waals surface area contributed by atoms with Crippen molar-refractivity contribution < 1.29 is 9.47 Å². The Labute approximate surface area is 91.3 Å². The molecule has 0 bridgehead atoms. The Morgan fingerprint density at radius 3 is 2.86 bits per heavy atom. The molecule has 1 heterocycles. The van der Waals surface area contributed by atoms with Crippen LogP contribution in [-0.4, -0.2) is 36.7 Å². The minimum absolute atomic E-state index is 0.502. The lowest BCUT2D eigenvalue weighted by Crippen LogP contribution is -2.09. The fraction of sp³-hybridized carbons (Fsp3) is 0.625. The van der Waals surface area contributed by atoms with E-state index in [0.717, 1.165) is 4.47 Å². The lowest BCUT2D eigenvalue weighted by Gasteiger charge is -2.03. The molecule has 1 rings (SSSR count). The van der Waals surface area contributed by atoms with Crippen LogP contribution in [0.25, 0.3) is 0 Å². The van der Waals surface area contributed by atoms with Crippen molar-refractivity contribution in [1.82, 2.24) is 9.78 Å². The third kappa shape index (κ3) is 3.65. The summed E-state index contributed by atoms with van der Waals surface area (Å²) in [4.78, 5) is 0. The number of nitrogen functional groups attached to an aromatic ring is 1. The second kappa shape index (κ2) is 6.00.